The molecule has 0 saturated heterocycles. The van der Waals surface area contributed by atoms with E-state index in [-0.39, 0.29) is 29.0 Å². The van der Waals surface area contributed by atoms with Crippen LogP contribution in [0.1, 0.15) is 27.1 Å². The van der Waals surface area contributed by atoms with E-state index in [4.69, 9.17) is 6.42 Å². The predicted octanol–water partition coefficient (Wildman–Crippen LogP) is 0.854. The predicted molar refractivity (Wildman–Crippen MR) is 108 cm³/mol. The van der Waals surface area contributed by atoms with Crippen molar-refractivity contribution in [2.24, 2.45) is 0 Å². The highest BCUT2D eigenvalue weighted by Crippen LogP contribution is 2.11. The number of terminal acetylenes is 1. The molecule has 0 bridgehead atoms. The number of rotatable bonds is 9. The second-order valence-electron chi connectivity index (χ2n) is 5.97. The number of hydrogen-bond donors (Lipinski definition) is 4. The molecule has 0 aromatic heterocycles. The minimum absolute atomic E-state index is 0.00978. The minimum atomic E-state index is -3.70. The largest absolute Gasteiger partial charge is 0.508 e. The standard InChI is InChI=1S/C20H21N3O5S/c1-2-11-23-29(27,28)18-9-7-15(8-10-18)19(25)21-12-4-13-22-20(26)16-5-3-6-17(24)14-16/h1,3,5-10,14,23-24H,4,11-13H2,(H,21,25)(H,22,26). The van der Waals surface area contributed by atoms with E-state index in [0.29, 0.717) is 30.6 Å². The third kappa shape index (κ3) is 6.64. The van der Waals surface area contributed by atoms with Crippen molar-refractivity contribution in [2.45, 2.75) is 11.3 Å². The van der Waals surface area contributed by atoms with Gasteiger partial charge in [0, 0.05) is 24.2 Å². The first-order valence-corrected chi connectivity index (χ1v) is 10.2. The third-order valence-electron chi connectivity index (χ3n) is 3.82. The molecule has 0 aliphatic rings. The van der Waals surface area contributed by atoms with E-state index >= 15 is 0 Å². The van der Waals surface area contributed by atoms with Gasteiger partial charge in [0.05, 0.1) is 11.4 Å². The van der Waals surface area contributed by atoms with Gasteiger partial charge in [-0.15, -0.1) is 6.42 Å². The quantitative estimate of drug-likeness (QED) is 0.357. The summed E-state index contributed by atoms with van der Waals surface area (Å²) < 4.78 is 26.1. The Kier molecular flexibility index (Phi) is 7.77. The van der Waals surface area contributed by atoms with Gasteiger partial charge in [-0.05, 0) is 48.9 Å². The number of amides is 2. The number of aromatic hydroxyl groups is 1. The maximum atomic E-state index is 12.1. The zero-order chi connectivity index (χ0) is 21.3. The van der Waals surface area contributed by atoms with E-state index in [1.165, 1.54) is 36.4 Å². The van der Waals surface area contributed by atoms with E-state index < -0.39 is 10.0 Å². The summed E-state index contributed by atoms with van der Waals surface area (Å²) in [7, 11) is -3.70. The number of carbonyl (C=O) groups excluding carboxylic acids is 2. The van der Waals surface area contributed by atoms with Crippen molar-refractivity contribution < 1.29 is 23.1 Å². The van der Waals surface area contributed by atoms with Crippen LogP contribution in [0.4, 0.5) is 0 Å². The summed E-state index contributed by atoms with van der Waals surface area (Å²) in [4.78, 5) is 24.0. The molecule has 9 heteroatoms. The van der Waals surface area contributed by atoms with E-state index in [0.717, 1.165) is 0 Å². The number of benzene rings is 2. The summed E-state index contributed by atoms with van der Waals surface area (Å²) >= 11 is 0. The van der Waals surface area contributed by atoms with Gasteiger partial charge in [0.2, 0.25) is 10.0 Å². The second-order valence-corrected chi connectivity index (χ2v) is 7.74. The van der Waals surface area contributed by atoms with Gasteiger partial charge < -0.3 is 15.7 Å². The zero-order valence-electron chi connectivity index (χ0n) is 15.5. The van der Waals surface area contributed by atoms with E-state index in [9.17, 15) is 23.1 Å². The van der Waals surface area contributed by atoms with Gasteiger partial charge in [-0.1, -0.05) is 12.0 Å². The summed E-state index contributed by atoms with van der Waals surface area (Å²) in [6, 6.07) is 11.5. The first-order chi connectivity index (χ1) is 13.8. The summed E-state index contributed by atoms with van der Waals surface area (Å²) in [6.07, 6.45) is 5.53. The highest BCUT2D eigenvalue weighted by molar-refractivity contribution is 7.89. The normalized spacial score (nSPS) is 10.7. The van der Waals surface area contributed by atoms with Crippen molar-refractivity contribution in [3.63, 3.8) is 0 Å². The Bertz CT molecular complexity index is 1010. The fourth-order valence-electron chi connectivity index (χ4n) is 2.35. The van der Waals surface area contributed by atoms with E-state index in [1.54, 1.807) is 12.1 Å². The molecule has 0 fully saturated rings. The highest BCUT2D eigenvalue weighted by Gasteiger charge is 2.14. The van der Waals surface area contributed by atoms with Crippen molar-refractivity contribution in [3.8, 4) is 18.1 Å². The van der Waals surface area contributed by atoms with E-state index in [1.807, 2.05) is 0 Å². The van der Waals surface area contributed by atoms with Crippen molar-refractivity contribution in [1.29, 1.82) is 0 Å². The molecule has 2 aromatic carbocycles. The molecule has 0 atom stereocenters. The lowest BCUT2D eigenvalue weighted by Crippen LogP contribution is -2.30. The summed E-state index contributed by atoms with van der Waals surface area (Å²) in [6.45, 7) is 0.544. The number of phenols is 1. The molecular weight excluding hydrogens is 394 g/mol. The van der Waals surface area contributed by atoms with Crippen molar-refractivity contribution in [3.05, 3.63) is 59.7 Å². The molecule has 8 nitrogen and oxygen atoms in total. The maximum absolute atomic E-state index is 12.1. The number of phenolic OH excluding ortho intramolecular Hbond substituents is 1. The Morgan fingerprint density at radius 2 is 1.59 bits per heavy atom. The van der Waals surface area contributed by atoms with Crippen molar-refractivity contribution in [1.82, 2.24) is 15.4 Å². The molecule has 2 amide bonds. The molecule has 2 aromatic rings. The van der Waals surface area contributed by atoms with Crippen LogP contribution < -0.4 is 15.4 Å². The average molecular weight is 415 g/mol. The van der Waals surface area contributed by atoms with Crippen LogP contribution >= 0.6 is 0 Å². The Morgan fingerprint density at radius 1 is 0.966 bits per heavy atom. The fraction of sp³-hybridized carbons (Fsp3) is 0.200. The Morgan fingerprint density at radius 3 is 2.17 bits per heavy atom. The lowest BCUT2D eigenvalue weighted by Gasteiger charge is -2.08. The molecule has 4 N–H and O–H groups in total. The molecule has 0 spiro atoms. The third-order valence-corrected chi connectivity index (χ3v) is 5.24. The fourth-order valence-corrected chi connectivity index (χ4v) is 3.28. The van der Waals surface area contributed by atoms with Crippen LogP contribution in [0.25, 0.3) is 0 Å². The molecule has 2 rings (SSSR count). The molecule has 0 aliphatic heterocycles. The molecule has 152 valence electrons. The smallest absolute Gasteiger partial charge is 0.251 e. The topological polar surface area (TPSA) is 125 Å². The summed E-state index contributed by atoms with van der Waals surface area (Å²) in [5.41, 5.74) is 0.658. The number of hydrogen-bond acceptors (Lipinski definition) is 5. The Balaban J connectivity index is 1.76. The minimum Gasteiger partial charge on any atom is -0.508 e. The molecule has 0 radical (unpaired) electrons. The average Bonchev–Trinajstić information content (AvgIpc) is 2.72. The lowest BCUT2D eigenvalue weighted by molar-refractivity contribution is 0.0951. The molecule has 0 aliphatic carbocycles. The number of sulfonamides is 1. The molecule has 29 heavy (non-hydrogen) atoms. The summed E-state index contributed by atoms with van der Waals surface area (Å²) in [5, 5.41) is 14.8. The maximum Gasteiger partial charge on any atom is 0.251 e. The Labute approximate surface area is 169 Å². The van der Waals surface area contributed by atoms with E-state index in [2.05, 4.69) is 21.3 Å². The number of carbonyl (C=O) groups is 2. The molecule has 0 heterocycles. The van der Waals surface area contributed by atoms with Gasteiger partial charge in [-0.2, -0.15) is 4.72 Å². The van der Waals surface area contributed by atoms with Gasteiger partial charge >= 0.3 is 0 Å². The van der Waals surface area contributed by atoms with Gasteiger partial charge in [0.1, 0.15) is 5.75 Å². The van der Waals surface area contributed by atoms with Gasteiger partial charge in [-0.3, -0.25) is 9.59 Å². The van der Waals surface area contributed by atoms with Crippen LogP contribution in [0.5, 0.6) is 5.75 Å². The van der Waals surface area contributed by atoms with Gasteiger partial charge in [-0.25, -0.2) is 8.42 Å². The number of nitrogens with one attached hydrogen (secondary N) is 3. The first-order valence-electron chi connectivity index (χ1n) is 8.72. The molecule has 0 unspecified atom stereocenters. The van der Waals surface area contributed by atoms with Crippen LogP contribution in [0.3, 0.4) is 0 Å². The first kappa shape index (κ1) is 21.9. The van der Waals surface area contributed by atoms with Crippen LogP contribution in [0, 0.1) is 12.3 Å². The monoisotopic (exact) mass is 415 g/mol. The lowest BCUT2D eigenvalue weighted by atomic mass is 10.2. The Hall–Kier alpha value is -3.35. The SMILES string of the molecule is C#CCNS(=O)(=O)c1ccc(C(=O)NCCCNC(=O)c2cccc(O)c2)cc1. The summed E-state index contributed by atoms with van der Waals surface area (Å²) in [5.74, 6) is 1.52. The van der Waals surface area contributed by atoms with Crippen LogP contribution in [0.15, 0.2) is 53.4 Å². The van der Waals surface area contributed by atoms with Gasteiger partial charge in [0.25, 0.3) is 11.8 Å². The highest BCUT2D eigenvalue weighted by atomic mass is 32.2. The van der Waals surface area contributed by atoms with Gasteiger partial charge in [0.15, 0.2) is 0 Å². The van der Waals surface area contributed by atoms with Crippen molar-refractivity contribution in [2.75, 3.05) is 19.6 Å². The molecule has 0 saturated carbocycles. The van der Waals surface area contributed by atoms with Crippen molar-refractivity contribution >= 4 is 21.8 Å². The molecular formula is C20H21N3O5S. The second kappa shape index (κ2) is 10.3. The van der Waals surface area contributed by atoms with Crippen LogP contribution in [-0.2, 0) is 10.0 Å². The van der Waals surface area contributed by atoms with Crippen LogP contribution in [-0.4, -0.2) is 45.0 Å². The zero-order valence-corrected chi connectivity index (χ0v) is 16.3. The van der Waals surface area contributed by atoms with Crippen LogP contribution in [0.2, 0.25) is 0 Å².